The van der Waals surface area contributed by atoms with E-state index in [4.69, 9.17) is 18.9 Å². The van der Waals surface area contributed by atoms with E-state index < -0.39 is 12.2 Å². The predicted octanol–water partition coefficient (Wildman–Crippen LogP) is 8.63. The maximum absolute atomic E-state index is 12.2. The summed E-state index contributed by atoms with van der Waals surface area (Å²) < 4.78 is 24.4. The molecule has 0 amide bonds. The van der Waals surface area contributed by atoms with Gasteiger partial charge in [0.15, 0.2) is 17.6 Å². The molecule has 3 aliphatic rings. The lowest BCUT2D eigenvalue weighted by Crippen LogP contribution is -2.37. The van der Waals surface area contributed by atoms with Crippen LogP contribution in [0.25, 0.3) is 11.1 Å². The molecule has 2 heterocycles. The van der Waals surface area contributed by atoms with E-state index in [0.717, 1.165) is 60.1 Å². The third kappa shape index (κ3) is 6.47. The number of phenols is 2. The average molecular weight is 667 g/mol. The molecule has 0 fully saturated rings. The number of ether oxygens (including phenoxy) is 4. The molecule has 9 heteroatoms. The van der Waals surface area contributed by atoms with Gasteiger partial charge in [-0.05, 0) is 84.4 Å². The molecule has 2 aliphatic heterocycles. The topological polar surface area (TPSA) is 97.6 Å². The molecule has 3 aromatic rings. The number of rotatable bonds is 7. The van der Waals surface area contributed by atoms with Crippen molar-refractivity contribution in [2.75, 3.05) is 32.3 Å². The first-order chi connectivity index (χ1) is 22.2. The van der Waals surface area contributed by atoms with Crippen LogP contribution in [0.15, 0.2) is 36.4 Å². The highest BCUT2D eigenvalue weighted by atomic mass is 33.1. The number of hydrogen-bond donors (Lipinski definition) is 3. The van der Waals surface area contributed by atoms with Crippen LogP contribution in [-0.4, -0.2) is 53.8 Å². The third-order valence-corrected chi connectivity index (χ3v) is 12.2. The number of benzene rings is 3. The number of aliphatic hydroxyl groups is 1. The Morgan fingerprint density at radius 1 is 0.957 bits per heavy atom. The van der Waals surface area contributed by atoms with E-state index >= 15 is 0 Å². The molecule has 0 unspecified atom stereocenters. The Kier molecular flexibility index (Phi) is 10.1. The van der Waals surface area contributed by atoms with Crippen molar-refractivity contribution in [2.45, 2.75) is 76.9 Å². The van der Waals surface area contributed by atoms with Crippen LogP contribution in [0, 0.1) is 11.8 Å². The van der Waals surface area contributed by atoms with Crippen LogP contribution >= 0.6 is 21.6 Å². The van der Waals surface area contributed by atoms with Crippen molar-refractivity contribution in [3.63, 3.8) is 0 Å². The SMILES string of the molecule is COc1cc([C@@H]2Oc3cc(OC)c4c5c3[C@H](CSSCC[C@H](C)CC[C@H](C5)c3cc(O)ccc3-4)[C@H]2O)cc(OCCC(C)C)c1O. The highest BCUT2D eigenvalue weighted by Crippen LogP contribution is 2.56. The fourth-order valence-electron chi connectivity index (χ4n) is 7.13. The fourth-order valence-corrected chi connectivity index (χ4v) is 9.73. The Labute approximate surface area is 280 Å². The van der Waals surface area contributed by atoms with E-state index in [1.807, 2.05) is 39.8 Å². The molecule has 0 saturated heterocycles. The van der Waals surface area contributed by atoms with Crippen LogP contribution in [0.4, 0.5) is 0 Å². The maximum Gasteiger partial charge on any atom is 0.200 e. The molecule has 0 radical (unpaired) electrons. The summed E-state index contributed by atoms with van der Waals surface area (Å²) in [6.07, 6.45) is 3.32. The Bertz CT molecular complexity index is 1560. The summed E-state index contributed by atoms with van der Waals surface area (Å²) in [5.74, 6) is 5.07. The van der Waals surface area contributed by atoms with Crippen LogP contribution in [0.2, 0.25) is 0 Å². The van der Waals surface area contributed by atoms with Crippen LogP contribution in [-0.2, 0) is 6.42 Å². The minimum Gasteiger partial charge on any atom is -0.508 e. The first-order valence-electron chi connectivity index (χ1n) is 16.4. The standard InChI is InChI=1S/C37H46O7S2/c1-20(2)10-12-43-32-16-23(15-31(42-5)36(32)40)37-35(39)28-19-46-45-13-11-21(3)6-7-22-14-27-33(25-9-8-24(38)17-26(22)25)29(41-4)18-30(44-37)34(27)28/h8-9,15-18,20-22,28,35,37-40H,6-7,10-14,19H2,1-5H3/t21-,22-,28+,35-,37+/m1/s1. The lowest BCUT2D eigenvalue weighted by Gasteiger charge is -2.41. The fraction of sp³-hybridized carbons (Fsp3) is 0.514. The van der Waals surface area contributed by atoms with Crippen molar-refractivity contribution in [2.24, 2.45) is 11.8 Å². The minimum absolute atomic E-state index is 0.0598. The van der Waals surface area contributed by atoms with Gasteiger partial charge in [-0.1, -0.05) is 54.8 Å². The zero-order valence-electron chi connectivity index (χ0n) is 27.4. The van der Waals surface area contributed by atoms with Crippen LogP contribution in [0.1, 0.15) is 86.6 Å². The molecule has 6 rings (SSSR count). The van der Waals surface area contributed by atoms with Crippen molar-refractivity contribution in [1.82, 2.24) is 0 Å². The summed E-state index contributed by atoms with van der Waals surface area (Å²) in [4.78, 5) is 0. The molecule has 5 atom stereocenters. The number of hydrogen-bond acceptors (Lipinski definition) is 9. The van der Waals surface area contributed by atoms with Gasteiger partial charge >= 0.3 is 0 Å². The van der Waals surface area contributed by atoms with Crippen LogP contribution in [0.3, 0.4) is 0 Å². The predicted molar refractivity (Wildman–Crippen MR) is 186 cm³/mol. The van der Waals surface area contributed by atoms with Crippen LogP contribution in [0.5, 0.6) is 34.5 Å². The third-order valence-electron chi connectivity index (χ3n) is 9.76. The minimum atomic E-state index is -0.862. The molecule has 1 aliphatic carbocycles. The summed E-state index contributed by atoms with van der Waals surface area (Å²) in [6, 6.07) is 11.2. The molecule has 248 valence electrons. The van der Waals surface area contributed by atoms with E-state index in [-0.39, 0.29) is 29.1 Å². The monoisotopic (exact) mass is 666 g/mol. The van der Waals surface area contributed by atoms with Gasteiger partial charge in [-0.15, -0.1) is 0 Å². The normalized spacial score (nSPS) is 24.1. The summed E-state index contributed by atoms with van der Waals surface area (Å²) in [5.41, 5.74) is 6.15. The Hall–Kier alpha value is -2.88. The van der Waals surface area contributed by atoms with Gasteiger partial charge in [-0.3, -0.25) is 0 Å². The van der Waals surface area contributed by atoms with Gasteiger partial charge in [0.1, 0.15) is 23.4 Å². The van der Waals surface area contributed by atoms with Crippen LogP contribution < -0.4 is 18.9 Å². The molecule has 3 N–H and O–H groups in total. The first-order valence-corrected chi connectivity index (χ1v) is 18.9. The highest BCUT2D eigenvalue weighted by molar-refractivity contribution is 8.76. The van der Waals surface area contributed by atoms with Gasteiger partial charge in [0, 0.05) is 40.2 Å². The number of phenolic OH excluding ortho intramolecular Hbond substituents is 2. The van der Waals surface area contributed by atoms with E-state index in [1.54, 1.807) is 25.3 Å². The molecule has 0 spiro atoms. The summed E-state index contributed by atoms with van der Waals surface area (Å²) >= 11 is 0. The van der Waals surface area contributed by atoms with Crippen molar-refractivity contribution in [3.8, 4) is 45.6 Å². The van der Waals surface area contributed by atoms with Gasteiger partial charge < -0.3 is 34.3 Å². The summed E-state index contributed by atoms with van der Waals surface area (Å²) in [6.45, 7) is 7.04. The van der Waals surface area contributed by atoms with Crippen molar-refractivity contribution in [1.29, 1.82) is 0 Å². The maximum atomic E-state index is 12.2. The van der Waals surface area contributed by atoms with Gasteiger partial charge in [-0.25, -0.2) is 0 Å². The largest absolute Gasteiger partial charge is 0.508 e. The molecule has 3 aromatic carbocycles. The summed E-state index contributed by atoms with van der Waals surface area (Å²) in [7, 11) is 6.88. The lowest BCUT2D eigenvalue weighted by atomic mass is 9.71. The second-order valence-corrected chi connectivity index (χ2v) is 16.0. The van der Waals surface area contributed by atoms with E-state index in [1.165, 1.54) is 12.7 Å². The van der Waals surface area contributed by atoms with Gasteiger partial charge in [0.05, 0.1) is 20.8 Å². The number of aliphatic hydroxyl groups excluding tert-OH is 1. The smallest absolute Gasteiger partial charge is 0.200 e. The zero-order chi connectivity index (χ0) is 32.5. The van der Waals surface area contributed by atoms with Gasteiger partial charge in [0.25, 0.3) is 0 Å². The summed E-state index contributed by atoms with van der Waals surface area (Å²) in [5, 5.41) is 33.7. The average Bonchev–Trinajstić information content (AvgIpc) is 3.05. The number of methoxy groups -OCH3 is 2. The molecule has 46 heavy (non-hydrogen) atoms. The van der Waals surface area contributed by atoms with Gasteiger partial charge in [-0.2, -0.15) is 0 Å². The Balaban J connectivity index is 1.49. The molecule has 0 saturated carbocycles. The van der Waals surface area contributed by atoms with E-state index in [0.29, 0.717) is 47.0 Å². The molecule has 2 bridgehead atoms. The molecular formula is C37H46O7S2. The van der Waals surface area contributed by atoms with Crippen molar-refractivity contribution >= 4 is 21.6 Å². The van der Waals surface area contributed by atoms with E-state index in [2.05, 4.69) is 20.8 Å². The zero-order valence-corrected chi connectivity index (χ0v) is 29.0. The number of aromatic hydroxyl groups is 2. The quantitative estimate of drug-likeness (QED) is 0.214. The molecule has 7 nitrogen and oxygen atoms in total. The van der Waals surface area contributed by atoms with Crippen molar-refractivity contribution < 1.29 is 34.3 Å². The first kappa shape index (κ1) is 33.0. The second-order valence-electron chi connectivity index (χ2n) is 13.3. The van der Waals surface area contributed by atoms with E-state index in [9.17, 15) is 15.3 Å². The Morgan fingerprint density at radius 2 is 1.74 bits per heavy atom. The molecular weight excluding hydrogens is 621 g/mol. The number of fused-ring (bicyclic) bond motifs is 4. The van der Waals surface area contributed by atoms with Crippen molar-refractivity contribution in [3.05, 3.63) is 58.7 Å². The second kappa shape index (κ2) is 14.1. The highest BCUT2D eigenvalue weighted by Gasteiger charge is 2.43. The molecule has 0 aromatic heterocycles. The lowest BCUT2D eigenvalue weighted by molar-refractivity contribution is 0.00418. The van der Waals surface area contributed by atoms with Gasteiger partial charge in [0.2, 0.25) is 5.75 Å². The Morgan fingerprint density at radius 3 is 2.50 bits per heavy atom.